The van der Waals surface area contributed by atoms with Gasteiger partial charge in [-0.1, -0.05) is 0 Å². The number of nitrogens with one attached hydrogen (secondary N) is 1. The standard InChI is InChI=1S/C16H21FN6O/c1-22(2)9-14-20-21-15(23(14)3)10-5-13(6-10)19-16(24)11-4-12(17)8-18-7-11/h4,7-8,10,13H,5-6,9H2,1-3H3,(H,19,24). The highest BCUT2D eigenvalue weighted by molar-refractivity contribution is 5.94. The molecule has 0 atom stereocenters. The van der Waals surface area contributed by atoms with Crippen molar-refractivity contribution >= 4 is 5.91 Å². The second-order valence-electron chi connectivity index (χ2n) is 6.50. The Morgan fingerprint density at radius 3 is 2.79 bits per heavy atom. The number of nitrogens with zero attached hydrogens (tertiary/aromatic N) is 5. The maximum Gasteiger partial charge on any atom is 0.253 e. The fourth-order valence-corrected chi connectivity index (χ4v) is 2.90. The van der Waals surface area contributed by atoms with Crippen LogP contribution in [0.5, 0.6) is 0 Å². The Morgan fingerprint density at radius 2 is 2.12 bits per heavy atom. The quantitative estimate of drug-likeness (QED) is 0.887. The number of carbonyl (C=O) groups excluding carboxylic acids is 1. The minimum atomic E-state index is -0.512. The topological polar surface area (TPSA) is 75.9 Å². The molecule has 1 amide bonds. The molecule has 0 saturated heterocycles. The van der Waals surface area contributed by atoms with Gasteiger partial charge in [-0.05, 0) is 33.0 Å². The van der Waals surface area contributed by atoms with Gasteiger partial charge in [0.2, 0.25) is 0 Å². The third-order valence-corrected chi connectivity index (χ3v) is 4.26. The van der Waals surface area contributed by atoms with Gasteiger partial charge >= 0.3 is 0 Å². The molecular formula is C16H21FN6O. The van der Waals surface area contributed by atoms with Crippen LogP contribution >= 0.6 is 0 Å². The molecule has 1 aliphatic carbocycles. The third kappa shape index (κ3) is 3.43. The Kier molecular flexibility index (Phi) is 4.57. The molecule has 8 heteroatoms. The molecule has 2 aromatic rings. The Labute approximate surface area is 139 Å². The van der Waals surface area contributed by atoms with E-state index in [0.29, 0.717) is 0 Å². The van der Waals surface area contributed by atoms with Gasteiger partial charge in [0, 0.05) is 25.2 Å². The van der Waals surface area contributed by atoms with Crippen LogP contribution in [0.2, 0.25) is 0 Å². The van der Waals surface area contributed by atoms with Gasteiger partial charge in [-0.15, -0.1) is 10.2 Å². The molecular weight excluding hydrogens is 311 g/mol. The summed E-state index contributed by atoms with van der Waals surface area (Å²) in [6.45, 7) is 0.739. The number of amides is 1. The van der Waals surface area contributed by atoms with Crippen molar-refractivity contribution < 1.29 is 9.18 Å². The van der Waals surface area contributed by atoms with Crippen LogP contribution in [0.25, 0.3) is 0 Å². The summed E-state index contributed by atoms with van der Waals surface area (Å²) in [7, 11) is 5.95. The number of hydrogen-bond acceptors (Lipinski definition) is 5. The number of halogens is 1. The van der Waals surface area contributed by atoms with Gasteiger partial charge in [-0.25, -0.2) is 4.39 Å². The lowest BCUT2D eigenvalue weighted by Crippen LogP contribution is -2.44. The smallest absolute Gasteiger partial charge is 0.253 e. The minimum Gasteiger partial charge on any atom is -0.349 e. The monoisotopic (exact) mass is 332 g/mol. The number of rotatable bonds is 5. The summed E-state index contributed by atoms with van der Waals surface area (Å²) in [6.07, 6.45) is 4.06. The van der Waals surface area contributed by atoms with Crippen LogP contribution in [0.15, 0.2) is 18.5 Å². The van der Waals surface area contributed by atoms with E-state index in [1.165, 1.54) is 12.3 Å². The molecule has 1 saturated carbocycles. The third-order valence-electron chi connectivity index (χ3n) is 4.26. The summed E-state index contributed by atoms with van der Waals surface area (Å²) in [4.78, 5) is 17.8. The molecule has 128 valence electrons. The molecule has 7 nitrogen and oxygen atoms in total. The predicted octanol–water partition coefficient (Wildman–Crippen LogP) is 1.09. The van der Waals surface area contributed by atoms with E-state index in [9.17, 15) is 9.18 Å². The maximum absolute atomic E-state index is 13.1. The van der Waals surface area contributed by atoms with Crippen LogP contribution in [-0.4, -0.2) is 50.7 Å². The highest BCUT2D eigenvalue weighted by atomic mass is 19.1. The van der Waals surface area contributed by atoms with E-state index in [4.69, 9.17) is 0 Å². The van der Waals surface area contributed by atoms with Gasteiger partial charge in [-0.3, -0.25) is 9.78 Å². The Bertz CT molecular complexity index is 738. The zero-order chi connectivity index (χ0) is 17.3. The van der Waals surface area contributed by atoms with Crippen molar-refractivity contribution in [1.29, 1.82) is 0 Å². The zero-order valence-electron chi connectivity index (χ0n) is 14.0. The van der Waals surface area contributed by atoms with Gasteiger partial charge in [0.25, 0.3) is 5.91 Å². The van der Waals surface area contributed by atoms with Gasteiger partial charge < -0.3 is 14.8 Å². The van der Waals surface area contributed by atoms with Crippen molar-refractivity contribution in [3.8, 4) is 0 Å². The van der Waals surface area contributed by atoms with Gasteiger partial charge in [0.15, 0.2) is 0 Å². The lowest BCUT2D eigenvalue weighted by atomic mass is 9.79. The normalized spacial score (nSPS) is 20.0. The first-order valence-corrected chi connectivity index (χ1v) is 7.88. The van der Waals surface area contributed by atoms with Crippen LogP contribution in [0.1, 0.15) is 40.8 Å². The fraction of sp³-hybridized carbons (Fsp3) is 0.500. The SMILES string of the molecule is CN(C)Cc1nnc(C2CC(NC(=O)c3cncc(F)c3)C2)n1C. The molecule has 1 N–H and O–H groups in total. The van der Waals surface area contributed by atoms with Gasteiger partial charge in [0.1, 0.15) is 17.5 Å². The molecule has 2 heterocycles. The van der Waals surface area contributed by atoms with Crippen molar-refractivity contribution in [2.24, 2.45) is 7.05 Å². The lowest BCUT2D eigenvalue weighted by molar-refractivity contribution is 0.0906. The fourth-order valence-electron chi connectivity index (χ4n) is 2.90. The zero-order valence-corrected chi connectivity index (χ0v) is 14.0. The molecule has 0 unspecified atom stereocenters. The molecule has 0 aromatic carbocycles. The van der Waals surface area contributed by atoms with Gasteiger partial charge in [0.05, 0.1) is 18.3 Å². The Hall–Kier alpha value is -2.35. The summed E-state index contributed by atoms with van der Waals surface area (Å²) in [6, 6.07) is 1.26. The first kappa shape index (κ1) is 16.5. The lowest BCUT2D eigenvalue weighted by Gasteiger charge is -2.35. The predicted molar refractivity (Wildman–Crippen MR) is 85.8 cm³/mol. The second-order valence-corrected chi connectivity index (χ2v) is 6.50. The number of carbonyl (C=O) groups is 1. The van der Waals surface area contributed by atoms with Crippen LogP contribution < -0.4 is 5.32 Å². The number of pyridine rings is 1. The number of aromatic nitrogens is 4. The first-order valence-electron chi connectivity index (χ1n) is 7.88. The molecule has 0 aliphatic heterocycles. The van der Waals surface area contributed by atoms with E-state index in [2.05, 4.69) is 20.5 Å². The highest BCUT2D eigenvalue weighted by Crippen LogP contribution is 2.36. The van der Waals surface area contributed by atoms with Crippen LogP contribution in [0.3, 0.4) is 0 Å². The molecule has 1 fully saturated rings. The Morgan fingerprint density at radius 1 is 1.38 bits per heavy atom. The molecule has 1 aliphatic rings. The first-order chi connectivity index (χ1) is 11.4. The minimum absolute atomic E-state index is 0.0692. The van der Waals surface area contributed by atoms with Crippen molar-refractivity contribution in [2.45, 2.75) is 31.3 Å². The molecule has 0 bridgehead atoms. The highest BCUT2D eigenvalue weighted by Gasteiger charge is 2.35. The number of hydrogen-bond donors (Lipinski definition) is 1. The largest absolute Gasteiger partial charge is 0.349 e. The van der Waals surface area contributed by atoms with Crippen molar-refractivity contribution in [3.05, 3.63) is 41.5 Å². The van der Waals surface area contributed by atoms with E-state index in [1.807, 2.05) is 30.6 Å². The summed E-state index contributed by atoms with van der Waals surface area (Å²) in [5.74, 6) is 1.35. The van der Waals surface area contributed by atoms with Gasteiger partial charge in [-0.2, -0.15) is 0 Å². The summed E-state index contributed by atoms with van der Waals surface area (Å²) in [5.41, 5.74) is 0.241. The average molecular weight is 332 g/mol. The molecule has 0 spiro atoms. The molecule has 24 heavy (non-hydrogen) atoms. The summed E-state index contributed by atoms with van der Waals surface area (Å²) < 4.78 is 15.1. The van der Waals surface area contributed by atoms with Crippen LogP contribution in [0, 0.1) is 5.82 Å². The average Bonchev–Trinajstić information content (AvgIpc) is 2.83. The van der Waals surface area contributed by atoms with Crippen molar-refractivity contribution in [3.63, 3.8) is 0 Å². The summed E-state index contributed by atoms with van der Waals surface area (Å²) in [5, 5.41) is 11.4. The van der Waals surface area contributed by atoms with Crippen LogP contribution in [-0.2, 0) is 13.6 Å². The van der Waals surface area contributed by atoms with Crippen LogP contribution in [0.4, 0.5) is 4.39 Å². The molecule has 2 aromatic heterocycles. The second kappa shape index (κ2) is 6.64. The maximum atomic E-state index is 13.1. The molecule has 3 rings (SSSR count). The van der Waals surface area contributed by atoms with E-state index < -0.39 is 5.82 Å². The summed E-state index contributed by atoms with van der Waals surface area (Å²) >= 11 is 0. The van der Waals surface area contributed by atoms with E-state index in [0.717, 1.165) is 37.2 Å². The molecule has 0 radical (unpaired) electrons. The van der Waals surface area contributed by atoms with Crippen molar-refractivity contribution in [1.82, 2.24) is 30.0 Å². The Balaban J connectivity index is 1.56. The van der Waals surface area contributed by atoms with Crippen molar-refractivity contribution in [2.75, 3.05) is 14.1 Å². The van der Waals surface area contributed by atoms with E-state index >= 15 is 0 Å². The van der Waals surface area contributed by atoms with E-state index in [1.54, 1.807) is 0 Å². The van der Waals surface area contributed by atoms with E-state index in [-0.39, 0.29) is 23.4 Å².